The van der Waals surface area contributed by atoms with Crippen molar-refractivity contribution in [1.82, 2.24) is 30.4 Å². The summed E-state index contributed by atoms with van der Waals surface area (Å²) in [5.74, 6) is -0.706. The van der Waals surface area contributed by atoms with E-state index in [4.69, 9.17) is 4.74 Å². The molecule has 4 amide bonds. The number of hydrogen-bond acceptors (Lipinski definition) is 10. The summed E-state index contributed by atoms with van der Waals surface area (Å²) in [6, 6.07) is 10.4. The lowest BCUT2D eigenvalue weighted by Gasteiger charge is -2.43. The number of piperidine rings is 2. The van der Waals surface area contributed by atoms with Crippen LogP contribution in [-0.4, -0.2) is 107 Å². The first-order valence-electron chi connectivity index (χ1n) is 18.9. The van der Waals surface area contributed by atoms with Crippen LogP contribution in [0.1, 0.15) is 49.7 Å². The monoisotopic (exact) mass is 880 g/mol. The highest BCUT2D eigenvalue weighted by Crippen LogP contribution is 2.43. The topological polar surface area (TPSA) is 169 Å². The molecular formula is C39H46Br2N8O6. The first-order valence-corrected chi connectivity index (χ1v) is 20.5. The molecule has 4 aliphatic rings. The molecule has 3 fully saturated rings. The van der Waals surface area contributed by atoms with Gasteiger partial charge in [0.2, 0.25) is 17.7 Å². The third kappa shape index (κ3) is 9.07. The Hall–Kier alpha value is -4.28. The van der Waals surface area contributed by atoms with Crippen LogP contribution in [-0.2, 0) is 31.1 Å². The molecule has 3 aromatic rings. The van der Waals surface area contributed by atoms with Gasteiger partial charge in [-0.15, -0.1) is 0 Å². The van der Waals surface area contributed by atoms with E-state index in [-0.39, 0.29) is 42.2 Å². The van der Waals surface area contributed by atoms with Crippen molar-refractivity contribution in [1.29, 1.82) is 0 Å². The van der Waals surface area contributed by atoms with E-state index in [1.165, 1.54) is 0 Å². The first-order chi connectivity index (χ1) is 26.6. The number of likely N-dealkylation sites (tertiary alicyclic amines) is 1. The minimum atomic E-state index is -0.893. The molecule has 6 heterocycles. The van der Waals surface area contributed by atoms with Gasteiger partial charge in [0.15, 0.2) is 0 Å². The van der Waals surface area contributed by atoms with Crippen LogP contribution >= 0.6 is 31.9 Å². The van der Waals surface area contributed by atoms with Gasteiger partial charge >= 0.3 is 6.09 Å². The van der Waals surface area contributed by atoms with Gasteiger partial charge in [-0.2, -0.15) is 0 Å². The smallest absolute Gasteiger partial charge is 0.413 e. The third-order valence-corrected chi connectivity index (χ3v) is 12.6. The maximum Gasteiger partial charge on any atom is 0.413 e. The lowest BCUT2D eigenvalue weighted by Crippen LogP contribution is -2.56. The van der Waals surface area contributed by atoms with Crippen LogP contribution in [0, 0.1) is 11.8 Å². The molecule has 0 unspecified atom stereocenters. The first kappa shape index (κ1) is 39.0. The number of phenolic OH excluding ortho intramolecular Hbond substituents is 1. The lowest BCUT2D eigenvalue weighted by molar-refractivity contribution is -0.141. The fraction of sp³-hybridized carbons (Fsp3) is 0.487. The highest BCUT2D eigenvalue weighted by Gasteiger charge is 2.46. The van der Waals surface area contributed by atoms with Crippen LogP contribution in [0.3, 0.4) is 0 Å². The zero-order valence-corrected chi connectivity index (χ0v) is 33.7. The Bertz CT molecular complexity index is 1860. The number of fused-ring (bicyclic) bond motifs is 2. The Kier molecular flexibility index (Phi) is 12.2. The third-order valence-electron chi connectivity index (χ3n) is 11.3. The molecule has 0 aliphatic carbocycles. The number of benzene rings is 1. The van der Waals surface area contributed by atoms with E-state index in [1.54, 1.807) is 41.7 Å². The van der Waals surface area contributed by atoms with Gasteiger partial charge in [-0.25, -0.2) is 9.78 Å². The average molecular weight is 883 g/mol. The van der Waals surface area contributed by atoms with E-state index < -0.39 is 23.7 Å². The highest BCUT2D eigenvalue weighted by atomic mass is 79.9. The van der Waals surface area contributed by atoms with Crippen molar-refractivity contribution < 1.29 is 29.0 Å². The zero-order valence-electron chi connectivity index (χ0n) is 30.5. The highest BCUT2D eigenvalue weighted by molar-refractivity contribution is 9.11. The van der Waals surface area contributed by atoms with Gasteiger partial charge in [0.05, 0.1) is 14.9 Å². The largest absolute Gasteiger partial charge is 0.506 e. The summed E-state index contributed by atoms with van der Waals surface area (Å²) in [6.45, 7) is 4.77. The number of rotatable bonds is 10. The number of carbonyl (C=O) groups is 4. The van der Waals surface area contributed by atoms with E-state index in [0.29, 0.717) is 73.3 Å². The van der Waals surface area contributed by atoms with Crippen molar-refractivity contribution in [3.05, 3.63) is 75.1 Å². The Morgan fingerprint density at radius 2 is 1.65 bits per heavy atom. The molecule has 0 radical (unpaired) electrons. The van der Waals surface area contributed by atoms with Crippen LogP contribution in [0.5, 0.6) is 5.75 Å². The summed E-state index contributed by atoms with van der Waals surface area (Å²) in [7, 11) is 0. The van der Waals surface area contributed by atoms with Crippen LogP contribution in [0.2, 0.25) is 0 Å². The molecule has 1 aromatic carbocycles. The van der Waals surface area contributed by atoms with E-state index in [1.807, 2.05) is 23.1 Å². The normalized spacial score (nSPS) is 19.5. The Labute approximate surface area is 337 Å². The van der Waals surface area contributed by atoms with Crippen LogP contribution in [0.25, 0.3) is 0 Å². The summed E-state index contributed by atoms with van der Waals surface area (Å²) in [6.07, 6.45) is 7.80. The number of amides is 4. The number of pyridine rings is 2. The van der Waals surface area contributed by atoms with Gasteiger partial charge in [-0.1, -0.05) is 0 Å². The minimum Gasteiger partial charge on any atom is -0.506 e. The van der Waals surface area contributed by atoms with Gasteiger partial charge < -0.3 is 35.2 Å². The number of aromatic nitrogens is 2. The number of aromatic hydroxyl groups is 1. The van der Waals surface area contributed by atoms with Crippen molar-refractivity contribution >= 4 is 67.2 Å². The van der Waals surface area contributed by atoms with E-state index in [0.717, 1.165) is 42.7 Å². The van der Waals surface area contributed by atoms with Gasteiger partial charge in [-0.05, 0) is 119 Å². The number of hydrogen-bond donors (Lipinski definition) is 4. The molecule has 4 aliphatic heterocycles. The standard InChI is InChI=1S/C39H46Br2N8O6/c40-30-21-26(22-31(41)34(30)51)20-27(24-33(50)48-14-7-39(8-15-48)29-2-1-9-44-35(29)46-38(54)55-39)36(52)45-32(23-25-3-10-42-11-4-25)37(53)49-18-16-47(17-19-49)28-5-12-43-13-6-28/h1-2,5-6,9,12-13,21-22,25,27,32,42,51H,3-4,7-8,10-11,14-20,23-24H2,(H,45,52)(H,44,46,54)/t27-,32-/m0/s1. The quantitative estimate of drug-likeness (QED) is 0.227. The average Bonchev–Trinajstić information content (AvgIpc) is 3.20. The lowest BCUT2D eigenvalue weighted by atomic mass is 9.83. The predicted molar refractivity (Wildman–Crippen MR) is 212 cm³/mol. The fourth-order valence-corrected chi connectivity index (χ4v) is 9.54. The summed E-state index contributed by atoms with van der Waals surface area (Å²) >= 11 is 6.81. The molecule has 7 rings (SSSR count). The molecular weight excluding hydrogens is 836 g/mol. The van der Waals surface area contributed by atoms with Crippen molar-refractivity contribution in [3.63, 3.8) is 0 Å². The number of halogens is 2. The van der Waals surface area contributed by atoms with E-state index in [2.05, 4.69) is 62.7 Å². The van der Waals surface area contributed by atoms with Crippen molar-refractivity contribution in [2.45, 2.75) is 56.6 Å². The summed E-state index contributed by atoms with van der Waals surface area (Å²) < 4.78 is 6.76. The number of nitrogens with one attached hydrogen (secondary N) is 3. The Balaban J connectivity index is 1.08. The molecule has 2 aromatic heterocycles. The van der Waals surface area contributed by atoms with Gasteiger partial charge in [0.25, 0.3) is 0 Å². The number of nitrogens with zero attached hydrogens (tertiary/aromatic N) is 5. The molecule has 4 N–H and O–H groups in total. The molecule has 0 saturated carbocycles. The molecule has 0 bridgehead atoms. The minimum absolute atomic E-state index is 0.0371. The second-order valence-corrected chi connectivity index (χ2v) is 16.5. The number of ether oxygens (including phenoxy) is 1. The maximum absolute atomic E-state index is 14.5. The number of carbonyl (C=O) groups excluding carboxylic acids is 4. The van der Waals surface area contributed by atoms with Crippen LogP contribution in [0.15, 0.2) is 63.9 Å². The molecule has 55 heavy (non-hydrogen) atoms. The molecule has 3 saturated heterocycles. The Morgan fingerprint density at radius 3 is 2.35 bits per heavy atom. The molecule has 2 atom stereocenters. The van der Waals surface area contributed by atoms with Gasteiger partial charge in [0, 0.05) is 88.4 Å². The molecule has 14 nitrogen and oxygen atoms in total. The van der Waals surface area contributed by atoms with E-state index >= 15 is 0 Å². The second kappa shape index (κ2) is 17.2. The summed E-state index contributed by atoms with van der Waals surface area (Å²) in [5.41, 5.74) is 1.69. The number of piperazine rings is 1. The molecule has 1 spiro atoms. The number of anilines is 2. The Morgan fingerprint density at radius 1 is 0.964 bits per heavy atom. The van der Waals surface area contributed by atoms with Crippen molar-refractivity contribution in [2.24, 2.45) is 11.8 Å². The zero-order chi connectivity index (χ0) is 38.5. The maximum atomic E-state index is 14.5. The SMILES string of the molecule is O=C1Nc2ncccc2C2(CCN(C(=O)C[C@H](Cc3cc(Br)c(O)c(Br)c3)C(=O)N[C@@H](CC3CCNCC3)C(=O)N3CCN(c4ccncc4)CC3)CC2)O1. The predicted octanol–water partition coefficient (Wildman–Crippen LogP) is 4.56. The van der Waals surface area contributed by atoms with Crippen LogP contribution < -0.4 is 20.9 Å². The van der Waals surface area contributed by atoms with Gasteiger partial charge in [-0.3, -0.25) is 24.7 Å². The van der Waals surface area contributed by atoms with Crippen molar-refractivity contribution in [3.8, 4) is 5.75 Å². The molecule has 16 heteroatoms. The second-order valence-electron chi connectivity index (χ2n) is 14.8. The summed E-state index contributed by atoms with van der Waals surface area (Å²) in [4.78, 5) is 69.5. The van der Waals surface area contributed by atoms with E-state index in [9.17, 15) is 24.3 Å². The summed E-state index contributed by atoms with van der Waals surface area (Å²) in [5, 5.41) is 19.6. The fourth-order valence-electron chi connectivity index (χ4n) is 8.26. The van der Waals surface area contributed by atoms with Crippen LogP contribution in [0.4, 0.5) is 16.3 Å². The van der Waals surface area contributed by atoms with Gasteiger partial charge in [0.1, 0.15) is 23.2 Å². The molecule has 292 valence electrons. The number of phenols is 1. The van der Waals surface area contributed by atoms with Crippen molar-refractivity contribution in [2.75, 3.05) is 62.6 Å².